The lowest BCUT2D eigenvalue weighted by Crippen LogP contribution is -2.08. The summed E-state index contributed by atoms with van der Waals surface area (Å²) in [6.07, 6.45) is 5.76. The number of nitrogens with zero attached hydrogens (tertiary/aromatic N) is 1. The van der Waals surface area contributed by atoms with Gasteiger partial charge in [-0.2, -0.15) is 0 Å². The zero-order chi connectivity index (χ0) is 22.4. The van der Waals surface area contributed by atoms with Crippen molar-refractivity contribution in [3.63, 3.8) is 0 Å². The fourth-order valence-electron chi connectivity index (χ4n) is 1.95. The molecule has 1 rings (SSSR count). The minimum Gasteiger partial charge on any atom is -0.490 e. The molecule has 0 aliphatic rings. The molecule has 0 radical (unpaired) electrons. The van der Waals surface area contributed by atoms with Crippen LogP contribution in [0.2, 0.25) is 10.0 Å². The van der Waals surface area contributed by atoms with Crippen molar-refractivity contribution in [2.45, 2.75) is 21.4 Å². The molecule has 0 saturated carbocycles. The fraction of sp³-hybridized carbons (Fsp3) is 0.500. The number of benzene rings is 1. The molecule has 12 heteroatoms. The Hall–Kier alpha value is 0.590. The van der Waals surface area contributed by atoms with E-state index < -0.39 is 2.14 Å². The van der Waals surface area contributed by atoms with Gasteiger partial charge in [0.05, 0.1) is 29.5 Å². The Balaban J connectivity index is 2.16. The first-order valence-corrected chi connectivity index (χ1v) is 12.6. The molecule has 0 saturated heterocycles. The van der Waals surface area contributed by atoms with Crippen molar-refractivity contribution in [2.75, 3.05) is 33.0 Å². The molecule has 0 unspecified atom stereocenters. The molecule has 1 aromatic rings. The Morgan fingerprint density at radius 2 is 1.63 bits per heavy atom. The highest BCUT2D eigenvalue weighted by atomic mass is 80.0. The average Bonchev–Trinajstić information content (AvgIpc) is 2.63. The molecule has 1 aromatic carbocycles. The molecule has 0 bridgehead atoms. The van der Waals surface area contributed by atoms with Crippen LogP contribution in [0.1, 0.15) is 19.3 Å². The SMILES string of the molecule is ClC(Cl)=CCOc1cc(Cl)c(OCCCCCOCC=NOCC(Br)(Br)Br)c(Cl)c1. The number of ether oxygens (including phenoxy) is 3. The van der Waals surface area contributed by atoms with Crippen LogP contribution in [-0.4, -0.2) is 41.4 Å². The summed E-state index contributed by atoms with van der Waals surface area (Å²) in [6.45, 7) is 2.05. The van der Waals surface area contributed by atoms with Gasteiger partial charge < -0.3 is 19.0 Å². The van der Waals surface area contributed by atoms with Crippen LogP contribution < -0.4 is 9.47 Å². The molecule has 0 aliphatic heterocycles. The summed E-state index contributed by atoms with van der Waals surface area (Å²) in [5, 5.41) is 4.53. The highest BCUT2D eigenvalue weighted by Gasteiger charge is 2.18. The lowest BCUT2D eigenvalue weighted by atomic mass is 10.2. The molecule has 170 valence electrons. The molecular formula is C18H20Br3Cl4NO4. The van der Waals surface area contributed by atoms with E-state index in [0.717, 1.165) is 19.3 Å². The normalized spacial score (nSPS) is 11.6. The van der Waals surface area contributed by atoms with Crippen LogP contribution >= 0.6 is 94.2 Å². The van der Waals surface area contributed by atoms with Crippen molar-refractivity contribution in [1.29, 1.82) is 0 Å². The summed E-state index contributed by atoms with van der Waals surface area (Å²) in [4.78, 5) is 5.04. The smallest absolute Gasteiger partial charge is 0.171 e. The maximum atomic E-state index is 6.23. The number of halogens is 7. The van der Waals surface area contributed by atoms with Gasteiger partial charge in [-0.25, -0.2) is 0 Å². The second kappa shape index (κ2) is 16.2. The Bertz CT molecular complexity index is 675. The molecule has 0 atom stereocenters. The van der Waals surface area contributed by atoms with Crippen molar-refractivity contribution in [3.05, 3.63) is 32.7 Å². The third kappa shape index (κ3) is 14.6. The van der Waals surface area contributed by atoms with Gasteiger partial charge in [0.2, 0.25) is 0 Å². The third-order valence-electron chi connectivity index (χ3n) is 3.21. The van der Waals surface area contributed by atoms with Gasteiger partial charge in [-0.1, -0.05) is 99.3 Å². The molecule has 0 aliphatic carbocycles. The van der Waals surface area contributed by atoms with E-state index in [1.807, 2.05) is 0 Å². The monoisotopic (exact) mass is 691 g/mol. The Morgan fingerprint density at radius 3 is 2.27 bits per heavy atom. The summed E-state index contributed by atoms with van der Waals surface area (Å²) in [5.74, 6) is 0.934. The van der Waals surface area contributed by atoms with Gasteiger partial charge in [-0.15, -0.1) is 0 Å². The summed E-state index contributed by atoms with van der Waals surface area (Å²) >= 11 is 33.4. The zero-order valence-electron chi connectivity index (χ0n) is 15.7. The van der Waals surface area contributed by atoms with Crippen molar-refractivity contribution in [2.24, 2.45) is 5.16 Å². The standard InChI is InChI=1S/C18H20Br3Cl4NO4/c19-18(20,21)12-30-26-5-9-27-6-2-1-3-7-29-17-14(22)10-13(11-15(17)23)28-8-4-16(24)25/h4-5,10-11H,1-3,6-9,12H2. The zero-order valence-corrected chi connectivity index (χ0v) is 23.5. The topological polar surface area (TPSA) is 49.3 Å². The second-order valence-electron chi connectivity index (χ2n) is 5.68. The molecule has 0 N–H and O–H groups in total. The van der Waals surface area contributed by atoms with Crippen molar-refractivity contribution in [3.8, 4) is 11.5 Å². The Kier molecular flexibility index (Phi) is 15.5. The van der Waals surface area contributed by atoms with E-state index in [1.165, 1.54) is 6.08 Å². The quantitative estimate of drug-likeness (QED) is 0.0855. The van der Waals surface area contributed by atoms with Crippen molar-refractivity contribution >= 4 is 100 Å². The first-order valence-electron chi connectivity index (χ1n) is 8.73. The van der Waals surface area contributed by atoms with Crippen LogP contribution in [-0.2, 0) is 9.57 Å². The van der Waals surface area contributed by atoms with E-state index in [1.54, 1.807) is 18.3 Å². The number of rotatable bonds is 14. The minimum atomic E-state index is -0.464. The van der Waals surface area contributed by atoms with Gasteiger partial charge in [0.25, 0.3) is 0 Å². The van der Waals surface area contributed by atoms with E-state index in [9.17, 15) is 0 Å². The van der Waals surface area contributed by atoms with Crippen LogP contribution in [0.5, 0.6) is 11.5 Å². The lowest BCUT2D eigenvalue weighted by molar-refractivity contribution is 0.143. The van der Waals surface area contributed by atoms with Crippen molar-refractivity contribution < 1.29 is 19.0 Å². The first-order chi connectivity index (χ1) is 14.2. The third-order valence-corrected chi connectivity index (χ3v) is 4.77. The molecule has 5 nitrogen and oxygen atoms in total. The number of oxime groups is 1. The van der Waals surface area contributed by atoms with Gasteiger partial charge in [-0.3, -0.25) is 0 Å². The number of unbranched alkanes of at least 4 members (excludes halogenated alkanes) is 2. The van der Waals surface area contributed by atoms with E-state index in [0.29, 0.717) is 48.0 Å². The van der Waals surface area contributed by atoms with E-state index in [2.05, 4.69) is 52.9 Å². The molecular weight excluding hydrogens is 676 g/mol. The Morgan fingerprint density at radius 1 is 0.967 bits per heavy atom. The predicted octanol–water partition coefficient (Wildman–Crippen LogP) is 8.10. The van der Waals surface area contributed by atoms with Gasteiger partial charge >= 0.3 is 0 Å². The van der Waals surface area contributed by atoms with Gasteiger partial charge in [0.15, 0.2) is 14.5 Å². The number of hydrogen-bond donors (Lipinski definition) is 0. The Labute approximate surface area is 221 Å². The van der Waals surface area contributed by atoms with Crippen LogP contribution in [0.4, 0.5) is 0 Å². The summed E-state index contributed by atoms with van der Waals surface area (Å²) in [5.41, 5.74) is 0. The highest BCUT2D eigenvalue weighted by molar-refractivity contribution is 9.39. The summed E-state index contributed by atoms with van der Waals surface area (Å²) in [7, 11) is 0. The molecule has 30 heavy (non-hydrogen) atoms. The average molecular weight is 696 g/mol. The molecule has 0 heterocycles. The van der Waals surface area contributed by atoms with Gasteiger partial charge in [0, 0.05) is 18.7 Å². The van der Waals surface area contributed by atoms with E-state index >= 15 is 0 Å². The lowest BCUT2D eigenvalue weighted by Gasteiger charge is -2.12. The summed E-state index contributed by atoms with van der Waals surface area (Å²) < 4.78 is 16.3. The predicted molar refractivity (Wildman–Crippen MR) is 136 cm³/mol. The molecule has 0 spiro atoms. The van der Waals surface area contributed by atoms with E-state index in [-0.39, 0.29) is 11.1 Å². The largest absolute Gasteiger partial charge is 0.490 e. The molecule has 0 amide bonds. The van der Waals surface area contributed by atoms with Crippen LogP contribution in [0.3, 0.4) is 0 Å². The van der Waals surface area contributed by atoms with Gasteiger partial charge in [-0.05, 0) is 25.3 Å². The summed E-state index contributed by atoms with van der Waals surface area (Å²) in [6, 6.07) is 3.26. The van der Waals surface area contributed by atoms with Gasteiger partial charge in [0.1, 0.15) is 16.8 Å². The second-order valence-corrected chi connectivity index (χ2v) is 14.8. The van der Waals surface area contributed by atoms with Crippen LogP contribution in [0.15, 0.2) is 27.9 Å². The van der Waals surface area contributed by atoms with Crippen LogP contribution in [0, 0.1) is 0 Å². The molecule has 0 fully saturated rings. The molecule has 0 aromatic heterocycles. The van der Waals surface area contributed by atoms with Crippen LogP contribution in [0.25, 0.3) is 0 Å². The van der Waals surface area contributed by atoms with Crippen molar-refractivity contribution in [1.82, 2.24) is 0 Å². The minimum absolute atomic E-state index is 0.130. The number of alkyl halides is 3. The number of hydrogen-bond acceptors (Lipinski definition) is 5. The highest BCUT2D eigenvalue weighted by Crippen LogP contribution is 2.37. The van der Waals surface area contributed by atoms with E-state index in [4.69, 9.17) is 65.5 Å². The maximum absolute atomic E-state index is 6.23. The maximum Gasteiger partial charge on any atom is 0.171 e. The fourth-order valence-corrected chi connectivity index (χ4v) is 2.95. The first kappa shape index (κ1) is 28.6.